The van der Waals surface area contributed by atoms with Crippen molar-refractivity contribution in [2.45, 2.75) is 16.7 Å². The lowest BCUT2D eigenvalue weighted by Gasteiger charge is -2.10. The van der Waals surface area contributed by atoms with Crippen LogP contribution in [0.4, 0.5) is 11.4 Å². The number of thioether (sulfide) groups is 1. The molecule has 0 atom stereocenters. The van der Waals surface area contributed by atoms with Crippen LogP contribution in [-0.2, 0) is 14.8 Å². The first-order chi connectivity index (χ1) is 13.8. The Morgan fingerprint density at radius 2 is 1.66 bits per heavy atom. The molecule has 8 heteroatoms. The molecule has 3 rings (SSSR count). The summed E-state index contributed by atoms with van der Waals surface area (Å²) in [6.07, 6.45) is 0. The van der Waals surface area contributed by atoms with Gasteiger partial charge in [-0.3, -0.25) is 9.52 Å². The maximum atomic E-state index is 12.3. The maximum Gasteiger partial charge on any atom is 0.261 e. The first-order valence-electron chi connectivity index (χ1n) is 8.71. The summed E-state index contributed by atoms with van der Waals surface area (Å²) in [4.78, 5) is 13.2. The van der Waals surface area contributed by atoms with E-state index in [0.717, 1.165) is 10.5 Å². The van der Waals surface area contributed by atoms with E-state index in [-0.39, 0.29) is 16.6 Å². The molecule has 5 nitrogen and oxygen atoms in total. The van der Waals surface area contributed by atoms with E-state index in [4.69, 9.17) is 11.6 Å². The Morgan fingerprint density at radius 1 is 0.966 bits per heavy atom. The van der Waals surface area contributed by atoms with Crippen molar-refractivity contribution in [1.82, 2.24) is 0 Å². The fourth-order valence-electron chi connectivity index (χ4n) is 2.51. The molecule has 3 aromatic carbocycles. The third-order valence-electron chi connectivity index (χ3n) is 4.07. The van der Waals surface area contributed by atoms with Gasteiger partial charge in [-0.05, 0) is 61.0 Å². The molecule has 0 aliphatic carbocycles. The molecule has 0 aromatic heterocycles. The number of halogens is 1. The molecule has 0 aliphatic rings. The van der Waals surface area contributed by atoms with Crippen molar-refractivity contribution in [2.24, 2.45) is 0 Å². The van der Waals surface area contributed by atoms with Crippen molar-refractivity contribution in [2.75, 3.05) is 15.8 Å². The number of benzene rings is 3. The minimum absolute atomic E-state index is 0.144. The number of carbonyl (C=O) groups is 1. The summed E-state index contributed by atoms with van der Waals surface area (Å²) in [5.74, 6) is 0.0790. The van der Waals surface area contributed by atoms with Crippen LogP contribution in [0.3, 0.4) is 0 Å². The molecular formula is C21H19ClN2O3S2. The number of nitrogens with one attached hydrogen (secondary N) is 2. The van der Waals surface area contributed by atoms with Crippen LogP contribution < -0.4 is 10.0 Å². The van der Waals surface area contributed by atoms with Crippen LogP contribution in [0.5, 0.6) is 0 Å². The van der Waals surface area contributed by atoms with Crippen LogP contribution in [0.25, 0.3) is 0 Å². The zero-order chi connectivity index (χ0) is 20.9. The third-order valence-corrected chi connectivity index (χ3v) is 6.89. The molecule has 0 saturated carbocycles. The summed E-state index contributed by atoms with van der Waals surface area (Å²) >= 11 is 7.42. The van der Waals surface area contributed by atoms with E-state index in [9.17, 15) is 13.2 Å². The minimum Gasteiger partial charge on any atom is -0.325 e. The Morgan fingerprint density at radius 3 is 2.34 bits per heavy atom. The molecule has 0 unspecified atom stereocenters. The second-order valence-corrected chi connectivity index (χ2v) is 9.33. The summed E-state index contributed by atoms with van der Waals surface area (Å²) in [6, 6.07) is 20.4. The van der Waals surface area contributed by atoms with Gasteiger partial charge in [-0.2, -0.15) is 0 Å². The molecule has 0 spiro atoms. The summed E-state index contributed by atoms with van der Waals surface area (Å²) in [6.45, 7) is 1.85. The van der Waals surface area contributed by atoms with Gasteiger partial charge in [0.05, 0.1) is 10.6 Å². The van der Waals surface area contributed by atoms with Gasteiger partial charge in [-0.15, -0.1) is 11.8 Å². The van der Waals surface area contributed by atoms with Crippen LogP contribution >= 0.6 is 23.4 Å². The first kappa shape index (κ1) is 21.2. The van der Waals surface area contributed by atoms with Gasteiger partial charge in [-0.25, -0.2) is 8.42 Å². The van der Waals surface area contributed by atoms with Gasteiger partial charge in [0.15, 0.2) is 0 Å². The highest BCUT2D eigenvalue weighted by molar-refractivity contribution is 8.00. The van der Waals surface area contributed by atoms with Gasteiger partial charge in [0, 0.05) is 21.3 Å². The number of sulfonamides is 1. The van der Waals surface area contributed by atoms with E-state index in [0.29, 0.717) is 16.4 Å². The lowest BCUT2D eigenvalue weighted by atomic mass is 10.2. The summed E-state index contributed by atoms with van der Waals surface area (Å²) in [5.41, 5.74) is 1.97. The summed E-state index contributed by atoms with van der Waals surface area (Å²) in [5, 5.41) is 3.45. The second-order valence-electron chi connectivity index (χ2n) is 6.19. The molecule has 150 valence electrons. The monoisotopic (exact) mass is 446 g/mol. The average Bonchev–Trinajstić information content (AvgIpc) is 2.71. The molecule has 3 aromatic rings. The highest BCUT2D eigenvalue weighted by atomic mass is 35.5. The minimum atomic E-state index is -3.63. The van der Waals surface area contributed by atoms with Crippen molar-refractivity contribution in [3.05, 3.63) is 83.4 Å². The molecule has 0 heterocycles. The van der Waals surface area contributed by atoms with Crippen molar-refractivity contribution in [3.63, 3.8) is 0 Å². The number of carbonyl (C=O) groups excluding carboxylic acids is 1. The predicted molar refractivity (Wildman–Crippen MR) is 119 cm³/mol. The maximum absolute atomic E-state index is 12.3. The second kappa shape index (κ2) is 9.35. The molecule has 0 bridgehead atoms. The highest BCUT2D eigenvalue weighted by Gasteiger charge is 2.13. The number of hydrogen-bond donors (Lipinski definition) is 2. The van der Waals surface area contributed by atoms with Crippen LogP contribution in [0, 0.1) is 6.92 Å². The Balaban J connectivity index is 1.57. The largest absolute Gasteiger partial charge is 0.325 e. The van der Waals surface area contributed by atoms with E-state index in [1.807, 2.05) is 6.92 Å². The number of anilines is 2. The molecule has 0 aliphatic heterocycles. The van der Waals surface area contributed by atoms with E-state index >= 15 is 0 Å². The molecule has 0 saturated heterocycles. The predicted octanol–water partition coefficient (Wildman–Crippen LogP) is 5.18. The smallest absolute Gasteiger partial charge is 0.261 e. The average molecular weight is 447 g/mol. The lowest BCUT2D eigenvalue weighted by Crippen LogP contribution is -2.15. The number of rotatable bonds is 7. The quantitative estimate of drug-likeness (QED) is 0.490. The SMILES string of the molecule is Cc1c(Cl)cccc1NC(=O)CSc1ccc(NS(=O)(=O)c2ccccc2)cc1. The topological polar surface area (TPSA) is 75.3 Å². The van der Waals surface area contributed by atoms with Crippen LogP contribution in [0.1, 0.15) is 5.56 Å². The van der Waals surface area contributed by atoms with Crippen LogP contribution in [0.15, 0.2) is 82.6 Å². The van der Waals surface area contributed by atoms with Gasteiger partial charge in [0.25, 0.3) is 10.0 Å². The van der Waals surface area contributed by atoms with Crippen LogP contribution in [0.2, 0.25) is 5.02 Å². The van der Waals surface area contributed by atoms with Gasteiger partial charge in [-0.1, -0.05) is 35.9 Å². The Kier molecular flexibility index (Phi) is 6.84. The van der Waals surface area contributed by atoms with Crippen molar-refractivity contribution in [1.29, 1.82) is 0 Å². The van der Waals surface area contributed by atoms with E-state index in [1.165, 1.54) is 23.9 Å². The Labute approximate surface area is 179 Å². The molecule has 0 fully saturated rings. The number of hydrogen-bond acceptors (Lipinski definition) is 4. The Bertz CT molecular complexity index is 1100. The fourth-order valence-corrected chi connectivity index (χ4v) is 4.46. The number of amides is 1. The van der Waals surface area contributed by atoms with Crippen molar-refractivity contribution in [3.8, 4) is 0 Å². The first-order valence-corrected chi connectivity index (χ1v) is 11.6. The van der Waals surface area contributed by atoms with Gasteiger partial charge >= 0.3 is 0 Å². The van der Waals surface area contributed by atoms with Gasteiger partial charge in [0.2, 0.25) is 5.91 Å². The molecule has 2 N–H and O–H groups in total. The molecule has 0 radical (unpaired) electrons. The summed E-state index contributed by atoms with van der Waals surface area (Å²) < 4.78 is 27.2. The summed E-state index contributed by atoms with van der Waals surface area (Å²) in [7, 11) is -3.63. The molecule has 29 heavy (non-hydrogen) atoms. The third kappa shape index (κ3) is 5.76. The van der Waals surface area contributed by atoms with Crippen molar-refractivity contribution < 1.29 is 13.2 Å². The normalized spacial score (nSPS) is 11.1. The zero-order valence-corrected chi connectivity index (χ0v) is 17.9. The van der Waals surface area contributed by atoms with Crippen molar-refractivity contribution >= 4 is 50.7 Å². The highest BCUT2D eigenvalue weighted by Crippen LogP contribution is 2.25. The Hall–Kier alpha value is -2.48. The lowest BCUT2D eigenvalue weighted by molar-refractivity contribution is -0.113. The van der Waals surface area contributed by atoms with E-state index in [1.54, 1.807) is 60.7 Å². The zero-order valence-electron chi connectivity index (χ0n) is 15.6. The molecule has 1 amide bonds. The van der Waals surface area contributed by atoms with Gasteiger partial charge < -0.3 is 5.32 Å². The van der Waals surface area contributed by atoms with E-state index in [2.05, 4.69) is 10.0 Å². The van der Waals surface area contributed by atoms with Crippen LogP contribution in [-0.4, -0.2) is 20.1 Å². The fraction of sp³-hybridized carbons (Fsp3) is 0.0952. The molecular weight excluding hydrogens is 428 g/mol. The van der Waals surface area contributed by atoms with E-state index < -0.39 is 10.0 Å². The van der Waals surface area contributed by atoms with Gasteiger partial charge in [0.1, 0.15) is 0 Å². The standard InChI is InChI=1S/C21H19ClN2O3S2/c1-15-19(22)8-5-9-20(15)23-21(25)14-28-17-12-10-16(11-13-17)24-29(26,27)18-6-3-2-4-7-18/h2-13,24H,14H2,1H3,(H,23,25).